The number of benzene rings is 2. The number of carbonyl (C=O) groups excluding carboxylic acids is 6. The quantitative estimate of drug-likeness (QED) is 0.0431. The first-order chi connectivity index (χ1) is 32.9. The average Bonchev–Trinajstić information content (AvgIpc) is 3.69. The van der Waals surface area contributed by atoms with Crippen LogP contribution in [0.4, 0.5) is 19.7 Å². The van der Waals surface area contributed by atoms with Crippen molar-refractivity contribution >= 4 is 52.4 Å². The van der Waals surface area contributed by atoms with Gasteiger partial charge in [0.15, 0.2) is 5.60 Å². The number of carbonyl (C=O) groups is 6. The molecule has 69 heavy (non-hydrogen) atoms. The maximum atomic E-state index is 15.4. The molecule has 4 atom stereocenters. The molecule has 0 unspecified atom stereocenters. The molecule has 10 N–H and O–H groups in total. The summed E-state index contributed by atoms with van der Waals surface area (Å²) in [7, 11) is 0. The molecule has 19 nitrogen and oxygen atoms in total. The molecular weight excluding hydrogens is 894 g/mol. The maximum absolute atomic E-state index is 15.4. The van der Waals surface area contributed by atoms with Crippen molar-refractivity contribution in [2.24, 2.45) is 17.4 Å². The lowest BCUT2D eigenvalue weighted by molar-refractivity contribution is -0.172. The van der Waals surface area contributed by atoms with Gasteiger partial charge in [0.1, 0.15) is 31.1 Å². The monoisotopic (exact) mass is 953 g/mol. The number of primary amides is 1. The highest BCUT2D eigenvalue weighted by molar-refractivity contribution is 5.98. The lowest BCUT2D eigenvalue weighted by Crippen LogP contribution is -2.54. The number of alkyl carbamates (subject to hydrolysis) is 1. The smallest absolute Gasteiger partial charge is 0.407 e. The van der Waals surface area contributed by atoms with Gasteiger partial charge in [-0.1, -0.05) is 39.3 Å². The fraction of sp³-hybridized carbons (Fsp3) is 0.469. The number of halogens is 1. The summed E-state index contributed by atoms with van der Waals surface area (Å²) in [4.78, 5) is 96.3. The molecule has 0 radical (unpaired) electrons. The van der Waals surface area contributed by atoms with Gasteiger partial charge in [-0.15, -0.1) is 0 Å². The average molecular weight is 954 g/mol. The Labute approximate surface area is 397 Å². The molecule has 2 aromatic carbocycles. The Morgan fingerprint density at radius 3 is 2.46 bits per heavy atom. The molecular formula is C49H60FN9O10. The molecule has 4 heterocycles. The topological polar surface area (TPSA) is 288 Å². The van der Waals surface area contributed by atoms with E-state index in [0.29, 0.717) is 82.5 Å². The third-order valence-electron chi connectivity index (χ3n) is 13.2. The van der Waals surface area contributed by atoms with E-state index in [1.54, 1.807) is 58.0 Å². The number of aryl methyl sites for hydroxylation is 1. The summed E-state index contributed by atoms with van der Waals surface area (Å²) < 4.78 is 27.8. The van der Waals surface area contributed by atoms with Crippen LogP contribution in [-0.2, 0) is 60.4 Å². The number of ether oxygens (including phenoxy) is 2. The molecule has 2 aromatic heterocycles. The molecule has 0 saturated carbocycles. The van der Waals surface area contributed by atoms with Crippen LogP contribution in [0.2, 0.25) is 0 Å². The lowest BCUT2D eigenvalue weighted by Gasteiger charge is -2.31. The third-order valence-corrected chi connectivity index (χ3v) is 13.2. The molecule has 3 aliphatic rings. The Balaban J connectivity index is 1.03. The molecule has 0 fully saturated rings. The predicted molar refractivity (Wildman–Crippen MR) is 252 cm³/mol. The van der Waals surface area contributed by atoms with Crippen LogP contribution in [0.25, 0.3) is 22.3 Å². The summed E-state index contributed by atoms with van der Waals surface area (Å²) in [5, 5.41) is 25.9. The number of rotatable bonds is 19. The largest absolute Gasteiger partial charge is 0.458 e. The lowest BCUT2D eigenvalue weighted by atomic mass is 9.81. The minimum Gasteiger partial charge on any atom is -0.458 e. The molecule has 20 heteroatoms. The summed E-state index contributed by atoms with van der Waals surface area (Å²) >= 11 is 0. The summed E-state index contributed by atoms with van der Waals surface area (Å²) in [6.07, 6.45) is 2.92. The van der Waals surface area contributed by atoms with Gasteiger partial charge in [-0.25, -0.2) is 23.8 Å². The summed E-state index contributed by atoms with van der Waals surface area (Å²) in [6.45, 7) is 7.20. The van der Waals surface area contributed by atoms with E-state index >= 15 is 4.39 Å². The molecule has 4 aromatic rings. The minimum absolute atomic E-state index is 0.0326. The molecule has 7 rings (SSSR count). The van der Waals surface area contributed by atoms with E-state index in [4.69, 9.17) is 25.9 Å². The molecule has 2 aliphatic heterocycles. The Morgan fingerprint density at radius 2 is 1.77 bits per heavy atom. The Kier molecular flexibility index (Phi) is 15.3. The fourth-order valence-corrected chi connectivity index (χ4v) is 9.38. The second-order valence-corrected chi connectivity index (χ2v) is 18.2. The molecule has 6 amide bonds. The van der Waals surface area contributed by atoms with Crippen molar-refractivity contribution in [3.63, 3.8) is 0 Å². The van der Waals surface area contributed by atoms with Crippen molar-refractivity contribution in [3.8, 4) is 11.4 Å². The second kappa shape index (κ2) is 21.2. The van der Waals surface area contributed by atoms with Crippen LogP contribution in [0, 0.1) is 18.7 Å². The van der Waals surface area contributed by atoms with E-state index in [9.17, 15) is 38.7 Å². The van der Waals surface area contributed by atoms with Gasteiger partial charge in [0.25, 0.3) is 5.56 Å². The number of unbranched alkanes of at least 4 members (excludes halogenated alkanes) is 2. The normalized spacial score (nSPS) is 17.4. The number of hydrogen-bond donors (Lipinski definition) is 8. The number of nitrogens with two attached hydrogens (primary N) is 2. The van der Waals surface area contributed by atoms with Gasteiger partial charge in [-0.05, 0) is 105 Å². The van der Waals surface area contributed by atoms with Crippen molar-refractivity contribution in [1.29, 1.82) is 0 Å². The van der Waals surface area contributed by atoms with Crippen molar-refractivity contribution < 1.29 is 47.7 Å². The Morgan fingerprint density at radius 1 is 1.01 bits per heavy atom. The van der Waals surface area contributed by atoms with Gasteiger partial charge >= 0.3 is 18.1 Å². The van der Waals surface area contributed by atoms with Crippen molar-refractivity contribution in [3.05, 3.63) is 91.5 Å². The van der Waals surface area contributed by atoms with Crippen LogP contribution < -0.4 is 43.6 Å². The summed E-state index contributed by atoms with van der Waals surface area (Å²) in [5.41, 5.74) is 13.1. The minimum atomic E-state index is -2.03. The number of nitrogens with zero attached hydrogens (tertiary/aromatic N) is 2. The molecule has 0 saturated heterocycles. The van der Waals surface area contributed by atoms with Crippen LogP contribution in [0.15, 0.2) is 41.2 Å². The van der Waals surface area contributed by atoms with Crippen LogP contribution in [0.1, 0.15) is 117 Å². The predicted octanol–water partition coefficient (Wildman–Crippen LogP) is 3.97. The highest BCUT2D eigenvalue weighted by atomic mass is 19.1. The number of anilines is 1. The van der Waals surface area contributed by atoms with Gasteiger partial charge in [-0.3, -0.25) is 19.2 Å². The number of hydrogen-bond acceptors (Lipinski definition) is 12. The Hall–Kier alpha value is -6.93. The van der Waals surface area contributed by atoms with Crippen molar-refractivity contribution in [2.45, 2.75) is 129 Å². The zero-order chi connectivity index (χ0) is 49.7. The number of nitrogens with one attached hydrogen (secondary N) is 5. The first-order valence-electron chi connectivity index (χ1n) is 23.4. The standard InChI is InChI=1S/C49H60FN9O10/c1-5-49(67)32-20-37-42-30(22-59(37)45(63)31(32)24-68-46(49)64)40-34(17-16-29-26(4)33(50)21-36(55-42)39(29)40)57-48(66)69-23-27-12-14-28(15-13-27)54-43(61)35(10-9-19-53-47(52)65)56-44(62)41(25(2)3)58-38(60)11-7-6-8-18-51/h12-15,20-21,25,34-35,41,67H,5-11,16-19,22-24,51H2,1-4H3,(H,54,61)(H,56,62)(H,57,66)(H,58,60)(H3,52,53,65)/t34-,35-,41-,49-/m0/s1. The number of cyclic esters (lactones) is 1. The van der Waals surface area contributed by atoms with Gasteiger partial charge in [0, 0.05) is 41.2 Å². The second-order valence-electron chi connectivity index (χ2n) is 18.2. The third kappa shape index (κ3) is 10.6. The van der Waals surface area contributed by atoms with Crippen LogP contribution in [0.3, 0.4) is 0 Å². The molecule has 368 valence electrons. The maximum Gasteiger partial charge on any atom is 0.407 e. The Bertz CT molecular complexity index is 2740. The van der Waals surface area contributed by atoms with Crippen LogP contribution in [0.5, 0.6) is 0 Å². The number of pyridine rings is 2. The van der Waals surface area contributed by atoms with E-state index in [-0.39, 0.29) is 68.5 Å². The number of urea groups is 1. The van der Waals surface area contributed by atoms with Gasteiger partial charge in [-0.2, -0.15) is 0 Å². The first-order valence-corrected chi connectivity index (χ1v) is 23.4. The summed E-state index contributed by atoms with van der Waals surface area (Å²) in [6, 6.07) is 6.17. The molecule has 0 bridgehead atoms. The number of amides is 6. The highest BCUT2D eigenvalue weighted by Crippen LogP contribution is 2.46. The SMILES string of the molecule is CC[C@@]1(O)C(=O)OCc2c1cc1n(c2=O)Cc2c-1nc1cc(F)c(C)c3c1c2[C@@H](NC(=O)OCc1ccc(NC(=O)[C@H](CCCNC(N)=O)NC(=O)[C@@H](NC(=O)CCCCCN)C(C)C)cc1)CC3. The van der Waals surface area contributed by atoms with E-state index in [1.165, 1.54) is 10.6 Å². The van der Waals surface area contributed by atoms with Crippen molar-refractivity contribution in [2.75, 3.05) is 18.4 Å². The molecule has 1 aliphatic carbocycles. The van der Waals surface area contributed by atoms with Crippen LogP contribution in [-0.4, -0.2) is 75.6 Å². The van der Waals surface area contributed by atoms with Gasteiger partial charge < -0.3 is 57.2 Å². The van der Waals surface area contributed by atoms with E-state index in [0.717, 1.165) is 18.4 Å². The van der Waals surface area contributed by atoms with Gasteiger partial charge in [0.2, 0.25) is 17.7 Å². The zero-order valence-corrected chi connectivity index (χ0v) is 39.2. The van der Waals surface area contributed by atoms with E-state index in [1.807, 2.05) is 0 Å². The first kappa shape index (κ1) is 50.0. The zero-order valence-electron chi connectivity index (χ0n) is 39.2. The number of esters is 1. The van der Waals surface area contributed by atoms with E-state index < -0.39 is 65.0 Å². The van der Waals surface area contributed by atoms with Crippen LogP contribution >= 0.6 is 0 Å². The summed E-state index contributed by atoms with van der Waals surface area (Å²) in [5.74, 6) is -2.94. The van der Waals surface area contributed by atoms with Gasteiger partial charge in [0.05, 0.1) is 35.1 Å². The van der Waals surface area contributed by atoms with Crippen molar-refractivity contribution in [1.82, 2.24) is 30.8 Å². The van der Waals surface area contributed by atoms with E-state index in [2.05, 4.69) is 26.6 Å². The fourth-order valence-electron chi connectivity index (χ4n) is 9.38. The highest BCUT2D eigenvalue weighted by Gasteiger charge is 2.46. The molecule has 0 spiro atoms. The number of aliphatic hydroxyl groups is 1. The number of aromatic nitrogens is 2. The number of fused-ring (bicyclic) bond motifs is 5.